The number of hydrogen-bond donors (Lipinski definition) is 0. The van der Waals surface area contributed by atoms with Crippen LogP contribution in [0.1, 0.15) is 15.1 Å². The van der Waals surface area contributed by atoms with E-state index >= 15 is 0 Å². The van der Waals surface area contributed by atoms with Crippen molar-refractivity contribution in [2.45, 2.75) is 0 Å². The fourth-order valence-electron chi connectivity index (χ4n) is 7.11. The zero-order valence-corrected chi connectivity index (χ0v) is 25.9. The smallest absolute Gasteiger partial charge is 0.143 e. The van der Waals surface area contributed by atoms with Crippen molar-refractivity contribution in [2.24, 2.45) is 0 Å². The monoisotopic (exact) mass is 633 g/mol. The number of rotatable bonds is 4. The van der Waals surface area contributed by atoms with Gasteiger partial charge in [0.2, 0.25) is 0 Å². The van der Waals surface area contributed by atoms with E-state index < -0.39 is 60.4 Å². The summed E-state index contributed by atoms with van der Waals surface area (Å²) >= 11 is 0. The molecule has 10 rings (SSSR count). The van der Waals surface area contributed by atoms with Crippen LogP contribution >= 0.6 is 0 Å². The van der Waals surface area contributed by atoms with Gasteiger partial charge in [0, 0.05) is 21.9 Å². The van der Waals surface area contributed by atoms with E-state index in [2.05, 4.69) is 84.9 Å². The Balaban J connectivity index is 1.20. The molecule has 0 aliphatic carbocycles. The highest BCUT2D eigenvalue weighted by Gasteiger charge is 2.18. The number of para-hydroxylation sites is 2. The number of furan rings is 1. The van der Waals surface area contributed by atoms with Gasteiger partial charge < -0.3 is 4.42 Å². The van der Waals surface area contributed by atoms with Crippen LogP contribution in [0.2, 0.25) is 0 Å². The second-order valence-corrected chi connectivity index (χ2v) is 12.0. The number of benzene rings is 9. The van der Waals surface area contributed by atoms with Gasteiger partial charge in [0.25, 0.3) is 0 Å². The average Bonchev–Trinajstić information content (AvgIpc) is 3.66. The predicted molar refractivity (Wildman–Crippen MR) is 208 cm³/mol. The normalized spacial score (nSPS) is 14.8. The average molecular weight is 634 g/mol. The quantitative estimate of drug-likeness (QED) is 0.176. The van der Waals surface area contributed by atoms with E-state index in [0.717, 1.165) is 49.0 Å². The number of fused-ring (bicyclic) bond motifs is 6. The van der Waals surface area contributed by atoms with Crippen LogP contribution in [0.5, 0.6) is 0 Å². The second kappa shape index (κ2) is 11.1. The molecule has 0 spiro atoms. The zero-order chi connectivity index (χ0) is 41.9. The van der Waals surface area contributed by atoms with Crippen LogP contribution < -0.4 is 0 Å². The van der Waals surface area contributed by atoms with Gasteiger partial charge in [0.1, 0.15) is 11.2 Å². The largest absolute Gasteiger partial charge is 0.455 e. The third-order valence-corrected chi connectivity index (χ3v) is 9.27. The summed E-state index contributed by atoms with van der Waals surface area (Å²) in [5.74, 6) is 0. The molecule has 0 aliphatic rings. The third-order valence-electron chi connectivity index (χ3n) is 9.27. The van der Waals surface area contributed by atoms with Crippen molar-refractivity contribution in [1.29, 1.82) is 0 Å². The summed E-state index contributed by atoms with van der Waals surface area (Å²) in [7, 11) is 0. The molecule has 0 aliphatic heterocycles. The highest BCUT2D eigenvalue weighted by Crippen LogP contribution is 2.45. The third kappa shape index (κ3) is 4.40. The Morgan fingerprint density at radius 3 is 1.43 bits per heavy atom. The summed E-state index contributed by atoms with van der Waals surface area (Å²) in [6.07, 6.45) is 0. The molecule has 1 nitrogen and oxygen atoms in total. The molecular weight excluding hydrogens is 593 g/mol. The van der Waals surface area contributed by atoms with Gasteiger partial charge in [-0.05, 0) is 77.8 Å². The molecule has 9 aromatic carbocycles. The van der Waals surface area contributed by atoms with Crippen molar-refractivity contribution in [1.82, 2.24) is 0 Å². The lowest BCUT2D eigenvalue weighted by Gasteiger charge is -2.18. The summed E-state index contributed by atoms with van der Waals surface area (Å²) in [6.45, 7) is 0. The van der Waals surface area contributed by atoms with Gasteiger partial charge in [0.05, 0.1) is 15.1 Å². The summed E-state index contributed by atoms with van der Waals surface area (Å²) in [4.78, 5) is 0. The molecule has 0 N–H and O–H groups in total. The van der Waals surface area contributed by atoms with Gasteiger partial charge in [-0.2, -0.15) is 0 Å². The first-order chi connectivity index (χ1) is 28.9. The molecule has 0 saturated carbocycles. The first kappa shape index (κ1) is 18.8. The fourth-order valence-corrected chi connectivity index (χ4v) is 7.11. The fraction of sp³-hybridized carbons (Fsp3) is 0. The van der Waals surface area contributed by atoms with Gasteiger partial charge in [-0.15, -0.1) is 0 Å². The Morgan fingerprint density at radius 1 is 0.347 bits per heavy atom. The van der Waals surface area contributed by atoms with E-state index in [4.69, 9.17) is 19.5 Å². The Bertz CT molecular complexity index is 3420. The molecular formula is C48H30O. The summed E-state index contributed by atoms with van der Waals surface area (Å²) in [5.41, 5.74) is 4.06. The van der Waals surface area contributed by atoms with Crippen molar-refractivity contribution in [2.75, 3.05) is 0 Å². The Labute approximate surface area is 299 Å². The molecule has 49 heavy (non-hydrogen) atoms. The van der Waals surface area contributed by atoms with Gasteiger partial charge in [-0.25, -0.2) is 0 Å². The highest BCUT2D eigenvalue weighted by atomic mass is 16.3. The molecule has 0 fully saturated rings. The van der Waals surface area contributed by atoms with Crippen LogP contribution in [0, 0.1) is 0 Å². The van der Waals surface area contributed by atoms with E-state index in [1.54, 1.807) is 6.07 Å². The van der Waals surface area contributed by atoms with Crippen molar-refractivity contribution < 1.29 is 19.5 Å². The predicted octanol–water partition coefficient (Wildman–Crippen LogP) is 13.7. The summed E-state index contributed by atoms with van der Waals surface area (Å²) in [6, 6.07) is 33.0. The Hall–Kier alpha value is -6.44. The van der Waals surface area contributed by atoms with Gasteiger partial charge in [-0.1, -0.05) is 170 Å². The molecule has 1 heteroatoms. The molecule has 0 unspecified atom stereocenters. The van der Waals surface area contributed by atoms with Crippen molar-refractivity contribution in [3.63, 3.8) is 0 Å². The molecule has 0 atom stereocenters. The SMILES string of the molecule is [2H]c1c([2H])c([2H])c(-c2c([2H])c([2H])c([2H])c3c2oc2c(-c4ccc5cc(-c6c7ccccc7c(-c7ccccc7)c7ccccc67)ccc5c4)c([2H])c([2H])c([2H])c23)c([2H])c1[2H]. The van der Waals surface area contributed by atoms with Crippen LogP contribution in [0.3, 0.4) is 0 Å². The summed E-state index contributed by atoms with van der Waals surface area (Å²) in [5, 5.41) is 6.06. The van der Waals surface area contributed by atoms with Gasteiger partial charge in [-0.3, -0.25) is 0 Å². The molecule has 228 valence electrons. The van der Waals surface area contributed by atoms with Crippen molar-refractivity contribution in [3.8, 4) is 44.5 Å². The first-order valence-electron chi connectivity index (χ1n) is 21.4. The maximum atomic E-state index is 9.10. The lowest BCUT2D eigenvalue weighted by atomic mass is 9.85. The maximum absolute atomic E-state index is 9.10. The van der Waals surface area contributed by atoms with Crippen LogP contribution in [0.15, 0.2) is 186 Å². The number of hydrogen-bond acceptors (Lipinski definition) is 1. The van der Waals surface area contributed by atoms with Gasteiger partial charge >= 0.3 is 0 Å². The molecule has 1 aromatic heterocycles. The Morgan fingerprint density at radius 2 is 0.837 bits per heavy atom. The minimum atomic E-state index is -0.648. The van der Waals surface area contributed by atoms with E-state index in [-0.39, 0.29) is 44.7 Å². The molecule has 10 aromatic rings. The minimum absolute atomic E-state index is 0.0405. The van der Waals surface area contributed by atoms with E-state index in [0.29, 0.717) is 5.56 Å². The molecule has 0 radical (unpaired) electrons. The van der Waals surface area contributed by atoms with Crippen LogP contribution in [0.4, 0.5) is 0 Å². The molecule has 0 bridgehead atoms. The molecule has 1 heterocycles. The minimum Gasteiger partial charge on any atom is -0.455 e. The second-order valence-electron chi connectivity index (χ2n) is 12.0. The van der Waals surface area contributed by atoms with Crippen LogP contribution in [-0.2, 0) is 0 Å². The van der Waals surface area contributed by atoms with E-state index in [1.807, 2.05) is 24.3 Å². The van der Waals surface area contributed by atoms with Crippen LogP contribution in [0.25, 0.3) is 98.8 Å². The topological polar surface area (TPSA) is 13.1 Å². The maximum Gasteiger partial charge on any atom is 0.143 e. The van der Waals surface area contributed by atoms with Gasteiger partial charge in [0.15, 0.2) is 0 Å². The Kier molecular flexibility index (Phi) is 4.25. The summed E-state index contributed by atoms with van der Waals surface area (Å²) < 4.78 is 102. The van der Waals surface area contributed by atoms with Crippen molar-refractivity contribution >= 4 is 54.3 Å². The zero-order valence-electron chi connectivity index (χ0n) is 36.9. The van der Waals surface area contributed by atoms with Crippen LogP contribution in [-0.4, -0.2) is 0 Å². The lowest BCUT2D eigenvalue weighted by molar-refractivity contribution is 0.671. The highest BCUT2D eigenvalue weighted by molar-refractivity contribution is 6.22. The molecule has 0 saturated heterocycles. The lowest BCUT2D eigenvalue weighted by Crippen LogP contribution is -1.90. The standard InChI is InChI=1S/C48H30O/c1-3-13-31(14-4-1)37-21-11-23-43-44-24-12-22-38(48(44)49-47(37)43)35-27-25-34-30-36(28-26-33(34)29-35)46-41-19-9-7-17-39(41)45(32-15-5-2-6-16-32)40-18-8-10-20-42(40)46/h1-30H/i1D,3D,4D,11D,12D,13D,14D,21D,22D,23D,24D. The van der Waals surface area contributed by atoms with E-state index in [9.17, 15) is 0 Å². The van der Waals surface area contributed by atoms with Crippen molar-refractivity contribution in [3.05, 3.63) is 182 Å². The molecule has 0 amide bonds. The first-order valence-corrected chi connectivity index (χ1v) is 15.9. The van der Waals surface area contributed by atoms with E-state index in [1.165, 1.54) is 5.56 Å².